The van der Waals surface area contributed by atoms with Crippen molar-refractivity contribution >= 4 is 17.8 Å². The standard InChI is InChI=1S/C14H27N3O4/c1-14(2,3)9-12(19)17-10(13(20)21)5-6-11(18)16-8-7-15-4/h10,15H,5-9H2,1-4H3,(H,16,18)(H,17,19)(H,20,21). The quantitative estimate of drug-likeness (QED) is 0.452. The van der Waals surface area contributed by atoms with Crippen LogP contribution in [-0.4, -0.2) is 49.1 Å². The van der Waals surface area contributed by atoms with E-state index in [4.69, 9.17) is 5.11 Å². The van der Waals surface area contributed by atoms with E-state index in [0.29, 0.717) is 13.1 Å². The molecule has 7 nitrogen and oxygen atoms in total. The smallest absolute Gasteiger partial charge is 0.326 e. The Morgan fingerprint density at radius 3 is 2.19 bits per heavy atom. The lowest BCUT2D eigenvalue weighted by Gasteiger charge is -2.20. The van der Waals surface area contributed by atoms with E-state index in [9.17, 15) is 14.4 Å². The summed E-state index contributed by atoms with van der Waals surface area (Å²) >= 11 is 0. The highest BCUT2D eigenvalue weighted by atomic mass is 16.4. The van der Waals surface area contributed by atoms with Crippen molar-refractivity contribution in [3.63, 3.8) is 0 Å². The number of aliphatic carboxylic acids is 1. The third kappa shape index (κ3) is 10.8. The second kappa shape index (κ2) is 9.33. The molecule has 0 heterocycles. The van der Waals surface area contributed by atoms with E-state index in [1.807, 2.05) is 20.8 Å². The minimum absolute atomic E-state index is 0.0660. The zero-order valence-electron chi connectivity index (χ0n) is 13.3. The van der Waals surface area contributed by atoms with E-state index in [-0.39, 0.29) is 36.5 Å². The number of hydrogen-bond donors (Lipinski definition) is 4. The van der Waals surface area contributed by atoms with E-state index in [0.717, 1.165) is 0 Å². The van der Waals surface area contributed by atoms with Crippen LogP contribution >= 0.6 is 0 Å². The van der Waals surface area contributed by atoms with Crippen molar-refractivity contribution in [1.82, 2.24) is 16.0 Å². The Hall–Kier alpha value is -1.63. The fourth-order valence-corrected chi connectivity index (χ4v) is 1.68. The Balaban J connectivity index is 4.23. The number of carbonyl (C=O) groups excluding carboxylic acids is 2. The Morgan fingerprint density at radius 2 is 1.71 bits per heavy atom. The van der Waals surface area contributed by atoms with Gasteiger partial charge in [-0.1, -0.05) is 20.8 Å². The molecule has 0 saturated carbocycles. The van der Waals surface area contributed by atoms with Crippen molar-refractivity contribution in [2.75, 3.05) is 20.1 Å². The fraction of sp³-hybridized carbons (Fsp3) is 0.786. The SMILES string of the molecule is CNCCNC(=O)CCC(NC(=O)CC(C)(C)C)C(=O)O. The van der Waals surface area contributed by atoms with Crippen LogP contribution in [0.2, 0.25) is 0 Å². The average Bonchev–Trinajstić information content (AvgIpc) is 2.32. The van der Waals surface area contributed by atoms with E-state index in [1.54, 1.807) is 7.05 Å². The van der Waals surface area contributed by atoms with E-state index >= 15 is 0 Å². The van der Waals surface area contributed by atoms with Crippen molar-refractivity contribution in [3.05, 3.63) is 0 Å². The molecule has 4 N–H and O–H groups in total. The lowest BCUT2D eigenvalue weighted by Crippen LogP contribution is -2.42. The van der Waals surface area contributed by atoms with E-state index in [2.05, 4.69) is 16.0 Å². The number of carboxylic acid groups (broad SMARTS) is 1. The Labute approximate surface area is 125 Å². The minimum Gasteiger partial charge on any atom is -0.480 e. The van der Waals surface area contributed by atoms with Gasteiger partial charge in [0.1, 0.15) is 6.04 Å². The highest BCUT2D eigenvalue weighted by Gasteiger charge is 2.23. The molecule has 0 aliphatic carbocycles. The molecular weight excluding hydrogens is 274 g/mol. The van der Waals surface area contributed by atoms with Gasteiger partial charge in [-0.2, -0.15) is 0 Å². The summed E-state index contributed by atoms with van der Waals surface area (Å²) < 4.78 is 0. The summed E-state index contributed by atoms with van der Waals surface area (Å²) in [6.45, 7) is 6.84. The largest absolute Gasteiger partial charge is 0.480 e. The van der Waals surface area contributed by atoms with Gasteiger partial charge in [0, 0.05) is 25.9 Å². The van der Waals surface area contributed by atoms with Crippen molar-refractivity contribution < 1.29 is 19.5 Å². The zero-order chi connectivity index (χ0) is 16.5. The number of carbonyl (C=O) groups is 3. The van der Waals surface area contributed by atoms with Gasteiger partial charge in [-0.25, -0.2) is 4.79 Å². The van der Waals surface area contributed by atoms with Gasteiger partial charge in [-0.3, -0.25) is 9.59 Å². The van der Waals surface area contributed by atoms with Gasteiger partial charge in [0.05, 0.1) is 0 Å². The first-order chi connectivity index (χ1) is 9.65. The molecule has 0 spiro atoms. The lowest BCUT2D eigenvalue weighted by molar-refractivity contribution is -0.142. The van der Waals surface area contributed by atoms with Gasteiger partial charge < -0.3 is 21.1 Å². The maximum Gasteiger partial charge on any atom is 0.326 e. The van der Waals surface area contributed by atoms with E-state index in [1.165, 1.54) is 0 Å². The highest BCUT2D eigenvalue weighted by molar-refractivity contribution is 5.84. The van der Waals surface area contributed by atoms with Crippen LogP contribution in [0.25, 0.3) is 0 Å². The summed E-state index contributed by atoms with van der Waals surface area (Å²) in [4.78, 5) is 34.4. The van der Waals surface area contributed by atoms with Crippen LogP contribution in [0.5, 0.6) is 0 Å². The molecule has 0 aromatic rings. The van der Waals surface area contributed by atoms with Gasteiger partial charge >= 0.3 is 5.97 Å². The molecule has 0 bridgehead atoms. The van der Waals surface area contributed by atoms with Crippen LogP contribution in [0.4, 0.5) is 0 Å². The molecule has 0 aromatic carbocycles. The first-order valence-electron chi connectivity index (χ1n) is 7.09. The normalized spacial score (nSPS) is 12.6. The molecular formula is C14H27N3O4. The number of likely N-dealkylation sites (N-methyl/N-ethyl adjacent to an activating group) is 1. The molecule has 122 valence electrons. The lowest BCUT2D eigenvalue weighted by atomic mass is 9.92. The zero-order valence-corrected chi connectivity index (χ0v) is 13.3. The molecule has 0 aromatic heterocycles. The average molecular weight is 301 g/mol. The van der Waals surface area contributed by atoms with Gasteiger partial charge in [-0.15, -0.1) is 0 Å². The van der Waals surface area contributed by atoms with Crippen LogP contribution in [0.15, 0.2) is 0 Å². The van der Waals surface area contributed by atoms with Gasteiger partial charge in [-0.05, 0) is 18.9 Å². The first-order valence-corrected chi connectivity index (χ1v) is 7.09. The van der Waals surface area contributed by atoms with Crippen molar-refractivity contribution in [2.45, 2.75) is 46.1 Å². The molecule has 2 amide bonds. The molecule has 21 heavy (non-hydrogen) atoms. The van der Waals surface area contributed by atoms with Crippen LogP contribution in [0.1, 0.15) is 40.0 Å². The predicted octanol–water partition coefficient (Wildman–Crippen LogP) is 0.108. The molecule has 1 unspecified atom stereocenters. The molecule has 0 rings (SSSR count). The number of carboxylic acids is 1. The molecule has 0 saturated heterocycles. The minimum atomic E-state index is -1.12. The number of hydrogen-bond acceptors (Lipinski definition) is 4. The van der Waals surface area contributed by atoms with Crippen molar-refractivity contribution in [2.24, 2.45) is 5.41 Å². The topological polar surface area (TPSA) is 108 Å². The second-order valence-electron chi connectivity index (χ2n) is 6.19. The van der Waals surface area contributed by atoms with Crippen LogP contribution < -0.4 is 16.0 Å². The molecule has 0 aliphatic heterocycles. The summed E-state index contributed by atoms with van der Waals surface area (Å²) in [7, 11) is 1.78. The number of amides is 2. The maximum atomic E-state index is 11.7. The molecule has 0 aliphatic rings. The van der Waals surface area contributed by atoms with Gasteiger partial charge in [0.15, 0.2) is 0 Å². The summed E-state index contributed by atoms with van der Waals surface area (Å²) in [5.41, 5.74) is -0.211. The summed E-state index contributed by atoms with van der Waals surface area (Å²) in [5, 5.41) is 17.1. The van der Waals surface area contributed by atoms with Gasteiger partial charge in [0.2, 0.25) is 11.8 Å². The third-order valence-corrected chi connectivity index (χ3v) is 2.68. The monoisotopic (exact) mass is 301 g/mol. The van der Waals surface area contributed by atoms with Gasteiger partial charge in [0.25, 0.3) is 0 Å². The molecule has 1 atom stereocenters. The number of rotatable bonds is 9. The summed E-state index contributed by atoms with van der Waals surface area (Å²) in [6, 6.07) is -1.03. The Kier molecular flexibility index (Phi) is 8.61. The number of nitrogens with one attached hydrogen (secondary N) is 3. The first kappa shape index (κ1) is 19.4. The Morgan fingerprint density at radius 1 is 1.10 bits per heavy atom. The third-order valence-electron chi connectivity index (χ3n) is 2.68. The van der Waals surface area contributed by atoms with Crippen LogP contribution in [0, 0.1) is 5.41 Å². The molecule has 7 heteroatoms. The summed E-state index contributed by atoms with van der Waals surface area (Å²) in [5.74, 6) is -1.66. The van der Waals surface area contributed by atoms with Crippen LogP contribution in [0.3, 0.4) is 0 Å². The van der Waals surface area contributed by atoms with Crippen molar-refractivity contribution in [3.8, 4) is 0 Å². The predicted molar refractivity (Wildman–Crippen MR) is 79.8 cm³/mol. The fourth-order valence-electron chi connectivity index (χ4n) is 1.68. The second-order valence-corrected chi connectivity index (χ2v) is 6.19. The van der Waals surface area contributed by atoms with Crippen molar-refractivity contribution in [1.29, 1.82) is 0 Å². The Bertz CT molecular complexity index is 364. The summed E-state index contributed by atoms with van der Waals surface area (Å²) in [6.07, 6.45) is 0.387. The van der Waals surface area contributed by atoms with E-state index < -0.39 is 12.0 Å². The maximum absolute atomic E-state index is 11.7. The highest BCUT2D eigenvalue weighted by Crippen LogP contribution is 2.18. The molecule has 0 radical (unpaired) electrons. The molecule has 0 fully saturated rings. The van der Waals surface area contributed by atoms with Crippen LogP contribution in [-0.2, 0) is 14.4 Å².